The normalized spacial score (nSPS) is 11.7. The molecule has 2 rings (SSSR count). The molecule has 0 unspecified atom stereocenters. The predicted molar refractivity (Wildman–Crippen MR) is 87.6 cm³/mol. The van der Waals surface area contributed by atoms with Crippen molar-refractivity contribution in [3.05, 3.63) is 36.7 Å². The van der Waals surface area contributed by atoms with Crippen LogP contribution in [0.1, 0.15) is 27.2 Å². The van der Waals surface area contributed by atoms with Crippen LogP contribution in [0.4, 0.5) is 0 Å². The molecule has 118 valence electrons. The van der Waals surface area contributed by atoms with Crippen LogP contribution >= 0.6 is 34.3 Å². The first kappa shape index (κ1) is 16.9. The summed E-state index contributed by atoms with van der Waals surface area (Å²) in [6.07, 6.45) is 0.197. The number of thiazole rings is 1. The molecule has 0 aromatic carbocycles. The zero-order valence-corrected chi connectivity index (χ0v) is 14.8. The van der Waals surface area contributed by atoms with Crippen LogP contribution < -0.4 is 4.80 Å². The Hall–Kier alpha value is -1.44. The van der Waals surface area contributed by atoms with Gasteiger partial charge in [-0.25, -0.2) is 4.79 Å². The van der Waals surface area contributed by atoms with E-state index >= 15 is 0 Å². The van der Waals surface area contributed by atoms with E-state index < -0.39 is 0 Å². The molecule has 2 heterocycles. The van der Waals surface area contributed by atoms with Gasteiger partial charge < -0.3 is 9.30 Å². The lowest BCUT2D eigenvalue weighted by atomic mass is 10.3. The van der Waals surface area contributed by atoms with Crippen LogP contribution in [0.2, 0.25) is 4.34 Å². The topological polar surface area (TPSA) is 60.7 Å². The number of hydrogen-bond donors (Lipinski definition) is 0. The monoisotopic (exact) mass is 358 g/mol. The molecule has 0 bridgehead atoms. The molecule has 0 saturated heterocycles. The molecule has 0 spiro atoms. The molecular formula is C14H15ClN2O3S2. The van der Waals surface area contributed by atoms with Gasteiger partial charge in [0, 0.05) is 17.6 Å². The van der Waals surface area contributed by atoms with E-state index in [0.717, 1.165) is 21.9 Å². The van der Waals surface area contributed by atoms with E-state index in [4.69, 9.17) is 16.3 Å². The molecule has 0 aliphatic rings. The van der Waals surface area contributed by atoms with E-state index in [9.17, 15) is 9.59 Å². The van der Waals surface area contributed by atoms with Gasteiger partial charge in [-0.1, -0.05) is 22.9 Å². The Bertz CT molecular complexity index is 773. The first-order chi connectivity index (χ1) is 10.4. The van der Waals surface area contributed by atoms with E-state index in [1.165, 1.54) is 11.3 Å². The Kier molecular flexibility index (Phi) is 5.55. The standard InChI is InChI=1S/C14H15ClN2O3S2/c1-4-20-13(19)12-8(2)17(3)14(22-12)16-11(18)7-9-5-6-10(15)21-9/h5-6H,4,7H2,1-3H3. The summed E-state index contributed by atoms with van der Waals surface area (Å²) in [6.45, 7) is 3.86. The summed E-state index contributed by atoms with van der Waals surface area (Å²) in [5, 5.41) is 0. The fourth-order valence-corrected chi connectivity index (χ4v) is 3.86. The third kappa shape index (κ3) is 3.85. The molecule has 0 fully saturated rings. The number of aromatic nitrogens is 1. The summed E-state index contributed by atoms with van der Waals surface area (Å²) in [6, 6.07) is 3.56. The Morgan fingerprint density at radius 1 is 1.36 bits per heavy atom. The summed E-state index contributed by atoms with van der Waals surface area (Å²) in [7, 11) is 1.77. The molecule has 8 heteroatoms. The highest BCUT2D eigenvalue weighted by Gasteiger charge is 2.16. The van der Waals surface area contributed by atoms with Crippen molar-refractivity contribution in [3.8, 4) is 0 Å². The Labute approximate surface area is 140 Å². The average molecular weight is 359 g/mol. The van der Waals surface area contributed by atoms with Gasteiger partial charge in [0.05, 0.1) is 17.4 Å². The summed E-state index contributed by atoms with van der Waals surface area (Å²) in [5.74, 6) is -0.662. The molecule has 5 nitrogen and oxygen atoms in total. The minimum atomic E-state index is -0.389. The van der Waals surface area contributed by atoms with Crippen LogP contribution in [0, 0.1) is 6.92 Å². The smallest absolute Gasteiger partial charge is 0.350 e. The van der Waals surface area contributed by atoms with E-state index in [-0.39, 0.29) is 18.3 Å². The van der Waals surface area contributed by atoms with Gasteiger partial charge in [-0.2, -0.15) is 4.99 Å². The number of halogens is 1. The van der Waals surface area contributed by atoms with Crippen LogP contribution in [0.25, 0.3) is 0 Å². The fraction of sp³-hybridized carbons (Fsp3) is 0.357. The minimum absolute atomic E-state index is 0.197. The molecule has 0 radical (unpaired) electrons. The van der Waals surface area contributed by atoms with Crippen molar-refractivity contribution in [2.45, 2.75) is 20.3 Å². The van der Waals surface area contributed by atoms with Crippen LogP contribution in [-0.4, -0.2) is 23.1 Å². The summed E-state index contributed by atoms with van der Waals surface area (Å²) in [5.41, 5.74) is 0.731. The van der Waals surface area contributed by atoms with E-state index in [1.807, 2.05) is 6.07 Å². The number of thiophene rings is 1. The number of rotatable bonds is 4. The summed E-state index contributed by atoms with van der Waals surface area (Å²) < 4.78 is 7.36. The van der Waals surface area contributed by atoms with Gasteiger partial charge in [0.2, 0.25) is 0 Å². The quantitative estimate of drug-likeness (QED) is 0.789. The lowest BCUT2D eigenvalue weighted by molar-refractivity contribution is -0.117. The van der Waals surface area contributed by atoms with Crippen LogP contribution in [0.5, 0.6) is 0 Å². The highest BCUT2D eigenvalue weighted by Crippen LogP contribution is 2.22. The lowest BCUT2D eigenvalue weighted by Gasteiger charge is -2.00. The lowest BCUT2D eigenvalue weighted by Crippen LogP contribution is -2.15. The maximum Gasteiger partial charge on any atom is 0.350 e. The number of esters is 1. The third-order valence-electron chi connectivity index (χ3n) is 2.95. The fourth-order valence-electron chi connectivity index (χ4n) is 1.76. The second-order valence-corrected chi connectivity index (χ2v) is 7.24. The van der Waals surface area contributed by atoms with Gasteiger partial charge in [0.1, 0.15) is 4.88 Å². The second-order valence-electron chi connectivity index (χ2n) is 4.47. The highest BCUT2D eigenvalue weighted by molar-refractivity contribution is 7.16. The number of carbonyl (C=O) groups excluding carboxylic acids is 2. The van der Waals surface area contributed by atoms with Crippen molar-refractivity contribution in [1.82, 2.24) is 4.57 Å². The zero-order valence-electron chi connectivity index (χ0n) is 12.4. The summed E-state index contributed by atoms with van der Waals surface area (Å²) in [4.78, 5) is 29.8. The highest BCUT2D eigenvalue weighted by atomic mass is 35.5. The van der Waals surface area contributed by atoms with Gasteiger partial charge in [0.25, 0.3) is 5.91 Å². The molecule has 0 aliphatic carbocycles. The van der Waals surface area contributed by atoms with Gasteiger partial charge in [0.15, 0.2) is 4.80 Å². The molecule has 0 aliphatic heterocycles. The molecule has 0 N–H and O–H groups in total. The number of hydrogen-bond acceptors (Lipinski definition) is 5. The van der Waals surface area contributed by atoms with E-state index in [1.54, 1.807) is 31.5 Å². The molecular weight excluding hydrogens is 344 g/mol. The molecule has 1 amide bonds. The Morgan fingerprint density at radius 3 is 2.68 bits per heavy atom. The molecule has 22 heavy (non-hydrogen) atoms. The first-order valence-corrected chi connectivity index (χ1v) is 8.58. The molecule has 2 aromatic rings. The number of amides is 1. The van der Waals surface area contributed by atoms with Gasteiger partial charge in [-0.15, -0.1) is 11.3 Å². The Balaban J connectivity index is 2.26. The van der Waals surface area contributed by atoms with Gasteiger partial charge in [-0.3, -0.25) is 4.79 Å². The van der Waals surface area contributed by atoms with E-state index in [2.05, 4.69) is 4.99 Å². The van der Waals surface area contributed by atoms with Crippen LogP contribution in [0.3, 0.4) is 0 Å². The van der Waals surface area contributed by atoms with Crippen molar-refractivity contribution in [1.29, 1.82) is 0 Å². The second kappa shape index (κ2) is 7.21. The number of carbonyl (C=O) groups is 2. The van der Waals surface area contributed by atoms with E-state index in [0.29, 0.717) is 20.6 Å². The zero-order chi connectivity index (χ0) is 16.3. The average Bonchev–Trinajstić information content (AvgIpc) is 2.97. The van der Waals surface area contributed by atoms with Gasteiger partial charge in [-0.05, 0) is 26.0 Å². The SMILES string of the molecule is CCOC(=O)c1sc(=NC(=O)Cc2ccc(Cl)s2)n(C)c1C. The maximum atomic E-state index is 12.0. The maximum absolute atomic E-state index is 12.0. The van der Waals surface area contributed by atoms with Crippen LogP contribution in [-0.2, 0) is 23.0 Å². The minimum Gasteiger partial charge on any atom is -0.462 e. The van der Waals surface area contributed by atoms with Crippen molar-refractivity contribution in [3.63, 3.8) is 0 Å². The number of ether oxygens (including phenoxy) is 1. The molecule has 0 saturated carbocycles. The van der Waals surface area contributed by atoms with Gasteiger partial charge >= 0.3 is 5.97 Å². The Morgan fingerprint density at radius 2 is 2.09 bits per heavy atom. The van der Waals surface area contributed by atoms with Crippen molar-refractivity contribution in [2.24, 2.45) is 12.0 Å². The third-order valence-corrected chi connectivity index (χ3v) is 5.39. The number of nitrogens with zero attached hydrogens (tertiary/aromatic N) is 2. The van der Waals surface area contributed by atoms with Crippen LogP contribution in [0.15, 0.2) is 17.1 Å². The molecule has 2 aromatic heterocycles. The van der Waals surface area contributed by atoms with Crippen molar-refractivity contribution in [2.75, 3.05) is 6.61 Å². The molecule has 0 atom stereocenters. The summed E-state index contributed by atoms with van der Waals surface area (Å²) >= 11 is 8.36. The van der Waals surface area contributed by atoms with Crippen molar-refractivity contribution >= 4 is 46.2 Å². The predicted octanol–water partition coefficient (Wildman–Crippen LogP) is 2.96. The first-order valence-electron chi connectivity index (χ1n) is 6.57. The largest absolute Gasteiger partial charge is 0.462 e. The van der Waals surface area contributed by atoms with Crippen molar-refractivity contribution < 1.29 is 14.3 Å².